The van der Waals surface area contributed by atoms with Gasteiger partial charge in [0.2, 0.25) is 0 Å². The van der Waals surface area contributed by atoms with Gasteiger partial charge in [-0.1, -0.05) is 55.8 Å². The van der Waals surface area contributed by atoms with E-state index in [2.05, 4.69) is 24.4 Å². The largest absolute Gasteiger partial charge is 0.504 e. The number of hydrogen-bond donors (Lipinski definition) is 5. The predicted molar refractivity (Wildman–Crippen MR) is 174 cm³/mol. The third-order valence-electron chi connectivity index (χ3n) is 9.26. The number of aliphatic hydroxyl groups is 1. The second kappa shape index (κ2) is 16.0. The van der Waals surface area contributed by atoms with E-state index in [0.29, 0.717) is 18.1 Å². The van der Waals surface area contributed by atoms with E-state index < -0.39 is 11.5 Å². The lowest BCUT2D eigenvalue weighted by molar-refractivity contribution is -0.121. The molecule has 4 rings (SSSR count). The Hall–Kier alpha value is -3.55. The Morgan fingerprint density at radius 3 is 2.50 bits per heavy atom. The van der Waals surface area contributed by atoms with E-state index in [4.69, 9.17) is 4.74 Å². The first-order valence-electron chi connectivity index (χ1n) is 16.1. The minimum Gasteiger partial charge on any atom is -0.504 e. The van der Waals surface area contributed by atoms with Crippen molar-refractivity contribution in [3.8, 4) is 23.0 Å². The number of phenols is 3. The minimum absolute atomic E-state index is 0.0109. The molecule has 7 nitrogen and oxygen atoms in total. The second-order valence-electron chi connectivity index (χ2n) is 12.6. The van der Waals surface area contributed by atoms with Crippen LogP contribution in [0, 0.1) is 5.92 Å². The molecule has 3 aromatic rings. The van der Waals surface area contributed by atoms with Crippen LogP contribution in [0.3, 0.4) is 0 Å². The smallest absolute Gasteiger partial charge is 0.160 e. The summed E-state index contributed by atoms with van der Waals surface area (Å²) in [7, 11) is 1.51. The third-order valence-corrected chi connectivity index (χ3v) is 9.26. The molecule has 5 N–H and O–H groups in total. The zero-order valence-electron chi connectivity index (χ0n) is 26.2. The molecular weight excluding hydrogens is 554 g/mol. The van der Waals surface area contributed by atoms with Crippen molar-refractivity contribution in [3.05, 3.63) is 83.4 Å². The maximum atomic E-state index is 13.6. The summed E-state index contributed by atoms with van der Waals surface area (Å²) in [6.45, 7) is 4.00. The van der Waals surface area contributed by atoms with Gasteiger partial charge in [-0.05, 0) is 116 Å². The van der Waals surface area contributed by atoms with Crippen LogP contribution in [0.4, 0.5) is 0 Å². The quantitative estimate of drug-likeness (QED) is 0.0907. The zero-order valence-corrected chi connectivity index (χ0v) is 26.2. The fourth-order valence-electron chi connectivity index (χ4n) is 7.03. The summed E-state index contributed by atoms with van der Waals surface area (Å²) in [5.74, 6) is 0.411. The number of ketones is 1. The van der Waals surface area contributed by atoms with Crippen molar-refractivity contribution in [1.82, 2.24) is 5.32 Å². The minimum atomic E-state index is -0.843. The SMILES string of the molecule is CCCNC[C@@H]1CCC[C@@](C[C@@H](O)CC(=O)C[C@H](CCc2ccccc2)c2ccc(O)c(OC)c2)(c2ccc(O)c(O)c2)C1. The molecule has 0 spiro atoms. The molecule has 4 atom stereocenters. The molecule has 0 saturated heterocycles. The van der Waals surface area contributed by atoms with Crippen LogP contribution in [0.1, 0.15) is 87.3 Å². The van der Waals surface area contributed by atoms with Gasteiger partial charge >= 0.3 is 0 Å². The third kappa shape index (κ3) is 8.99. The van der Waals surface area contributed by atoms with E-state index in [9.17, 15) is 25.2 Å². The molecule has 0 aliphatic heterocycles. The monoisotopic (exact) mass is 603 g/mol. The average Bonchev–Trinajstić information content (AvgIpc) is 3.01. The fourth-order valence-corrected chi connectivity index (χ4v) is 7.03. The van der Waals surface area contributed by atoms with E-state index in [1.807, 2.05) is 30.3 Å². The summed E-state index contributed by atoms with van der Waals surface area (Å²) >= 11 is 0. The molecule has 238 valence electrons. The molecule has 3 aromatic carbocycles. The van der Waals surface area contributed by atoms with E-state index >= 15 is 0 Å². The van der Waals surface area contributed by atoms with Crippen LogP contribution in [-0.2, 0) is 16.6 Å². The van der Waals surface area contributed by atoms with Gasteiger partial charge in [0.05, 0.1) is 13.2 Å². The van der Waals surface area contributed by atoms with Crippen molar-refractivity contribution in [2.24, 2.45) is 5.92 Å². The molecule has 0 bridgehead atoms. The highest BCUT2D eigenvalue weighted by molar-refractivity contribution is 5.79. The van der Waals surface area contributed by atoms with Gasteiger partial charge in [-0.25, -0.2) is 0 Å². The number of rotatable bonds is 16. The topological polar surface area (TPSA) is 119 Å². The number of ether oxygens (including phenoxy) is 1. The van der Waals surface area contributed by atoms with Gasteiger partial charge in [0.1, 0.15) is 5.78 Å². The molecule has 0 radical (unpaired) electrons. The number of hydrogen-bond acceptors (Lipinski definition) is 7. The predicted octanol–water partition coefficient (Wildman–Crippen LogP) is 6.76. The van der Waals surface area contributed by atoms with Gasteiger partial charge in [-0.2, -0.15) is 0 Å². The summed E-state index contributed by atoms with van der Waals surface area (Å²) in [6.07, 6.45) is 6.26. The lowest BCUT2D eigenvalue weighted by Gasteiger charge is -2.43. The molecule has 1 fully saturated rings. The first-order chi connectivity index (χ1) is 21.2. The maximum absolute atomic E-state index is 13.6. The van der Waals surface area contributed by atoms with Crippen LogP contribution in [-0.4, -0.2) is 52.5 Å². The Bertz CT molecular complexity index is 1350. The number of Topliss-reactive ketones (excluding diaryl/α,β-unsaturated/α-hetero) is 1. The number of benzene rings is 3. The van der Waals surface area contributed by atoms with Crippen LogP contribution in [0.25, 0.3) is 0 Å². The van der Waals surface area contributed by atoms with Crippen LogP contribution in [0.5, 0.6) is 23.0 Å². The molecule has 44 heavy (non-hydrogen) atoms. The summed E-state index contributed by atoms with van der Waals surface area (Å²) in [6, 6.07) is 20.4. The lowest BCUT2D eigenvalue weighted by Crippen LogP contribution is -2.40. The number of aryl methyl sites for hydroxylation is 1. The van der Waals surface area contributed by atoms with Gasteiger partial charge in [-0.3, -0.25) is 4.79 Å². The first-order valence-corrected chi connectivity index (χ1v) is 16.1. The van der Waals surface area contributed by atoms with Crippen molar-refractivity contribution in [1.29, 1.82) is 0 Å². The Labute approximate surface area is 261 Å². The van der Waals surface area contributed by atoms with Gasteiger partial charge < -0.3 is 30.5 Å². The molecule has 0 amide bonds. The van der Waals surface area contributed by atoms with Crippen molar-refractivity contribution in [2.45, 2.75) is 88.6 Å². The standard InChI is InChI=1S/C37H49NO6/c1-3-18-38-25-27-10-7-17-37(23-27,30-14-16-33(41)35(43)21-30)24-32(40)22-31(39)19-28(12-11-26-8-5-4-6-9-26)29-13-15-34(42)36(20-29)44-2/h4-6,8-9,13-16,20-21,27-28,32,38,40-43H,3,7,10-12,17-19,22-25H2,1-2H3/t27-,28+,32+,37-/m1/s1. The van der Waals surface area contributed by atoms with E-state index in [0.717, 1.165) is 69.2 Å². The number of carbonyl (C=O) groups is 1. The Kier molecular flexibility index (Phi) is 12.1. The molecular formula is C37H49NO6. The highest BCUT2D eigenvalue weighted by atomic mass is 16.5. The molecule has 1 saturated carbocycles. The number of aliphatic hydroxyl groups excluding tert-OH is 1. The van der Waals surface area contributed by atoms with Crippen molar-refractivity contribution >= 4 is 5.78 Å². The molecule has 0 heterocycles. The molecule has 1 aliphatic carbocycles. The average molecular weight is 604 g/mol. The van der Waals surface area contributed by atoms with Crippen molar-refractivity contribution < 1.29 is 30.0 Å². The Morgan fingerprint density at radius 2 is 1.77 bits per heavy atom. The number of carbonyl (C=O) groups excluding carboxylic acids is 1. The summed E-state index contributed by atoms with van der Waals surface area (Å²) < 4.78 is 5.35. The second-order valence-corrected chi connectivity index (χ2v) is 12.6. The molecule has 7 heteroatoms. The van der Waals surface area contributed by atoms with Gasteiger partial charge in [-0.15, -0.1) is 0 Å². The van der Waals surface area contributed by atoms with Crippen LogP contribution < -0.4 is 10.1 Å². The normalized spacial score (nSPS) is 19.8. The van der Waals surface area contributed by atoms with E-state index in [-0.39, 0.29) is 41.8 Å². The highest BCUT2D eigenvalue weighted by Gasteiger charge is 2.40. The van der Waals surface area contributed by atoms with E-state index in [1.54, 1.807) is 18.2 Å². The summed E-state index contributed by atoms with van der Waals surface area (Å²) in [5, 5.41) is 45.5. The Morgan fingerprint density at radius 1 is 1.00 bits per heavy atom. The molecule has 0 unspecified atom stereocenters. The maximum Gasteiger partial charge on any atom is 0.160 e. The van der Waals surface area contributed by atoms with Crippen LogP contribution in [0.15, 0.2) is 66.7 Å². The lowest BCUT2D eigenvalue weighted by atomic mass is 9.63. The number of methoxy groups -OCH3 is 1. The fraction of sp³-hybridized carbons (Fsp3) is 0.486. The number of phenolic OH excluding ortho intramolecular Hbond substituents is 3. The van der Waals surface area contributed by atoms with Crippen molar-refractivity contribution in [3.63, 3.8) is 0 Å². The summed E-state index contributed by atoms with van der Waals surface area (Å²) in [5.41, 5.74) is 2.61. The highest BCUT2D eigenvalue weighted by Crippen LogP contribution is 2.47. The first kappa shape index (κ1) is 33.3. The van der Waals surface area contributed by atoms with E-state index in [1.165, 1.54) is 18.7 Å². The zero-order chi connectivity index (χ0) is 31.5. The van der Waals surface area contributed by atoms with Gasteiger partial charge in [0.25, 0.3) is 0 Å². The number of nitrogens with one attached hydrogen (secondary N) is 1. The Balaban J connectivity index is 1.50. The van der Waals surface area contributed by atoms with Crippen LogP contribution >= 0.6 is 0 Å². The summed E-state index contributed by atoms with van der Waals surface area (Å²) in [4.78, 5) is 13.6. The molecule has 1 aliphatic rings. The molecule has 0 aromatic heterocycles. The van der Waals surface area contributed by atoms with Gasteiger partial charge in [0.15, 0.2) is 23.0 Å². The van der Waals surface area contributed by atoms with Crippen LogP contribution in [0.2, 0.25) is 0 Å². The van der Waals surface area contributed by atoms with Gasteiger partial charge in [0, 0.05) is 12.8 Å². The van der Waals surface area contributed by atoms with Crippen molar-refractivity contribution in [2.75, 3.05) is 20.2 Å². The number of aromatic hydroxyl groups is 3.